The summed E-state index contributed by atoms with van der Waals surface area (Å²) in [5.74, 6) is -0.120. The molecule has 4 aromatic carbocycles. The zero-order valence-corrected chi connectivity index (χ0v) is 30.5. The van der Waals surface area contributed by atoms with Gasteiger partial charge in [0.1, 0.15) is 5.75 Å². The molecule has 5 atom stereocenters. The number of para-hydroxylation sites is 1. The summed E-state index contributed by atoms with van der Waals surface area (Å²) < 4.78 is 12.7. The Bertz CT molecular complexity index is 1920. The number of fused-ring (bicyclic) bond motifs is 2. The van der Waals surface area contributed by atoms with Crippen LogP contribution in [0.4, 0.5) is 17.1 Å². The summed E-state index contributed by atoms with van der Waals surface area (Å²) in [5.41, 5.74) is 1.56. The number of likely N-dealkylation sites (tertiary alicyclic amines) is 1. The molecule has 2 N–H and O–H groups in total. The number of nitrogens with zero attached hydrogens (tertiary/aromatic N) is 2. The fourth-order valence-electron chi connectivity index (χ4n) is 8.79. The Balaban J connectivity index is 1.35. The lowest BCUT2D eigenvalue weighted by atomic mass is 9.82. The number of rotatable bonds is 9. The summed E-state index contributed by atoms with van der Waals surface area (Å²) in [6.45, 7) is 7.17. The molecule has 51 heavy (non-hydrogen) atoms. The number of carbonyl (C=O) groups is 3. The summed E-state index contributed by atoms with van der Waals surface area (Å²) in [5, 5.41) is 14.3. The van der Waals surface area contributed by atoms with Crippen molar-refractivity contribution in [2.45, 2.75) is 62.6 Å². The van der Waals surface area contributed by atoms with Crippen molar-refractivity contribution in [2.75, 3.05) is 30.5 Å². The number of carbonyl (C=O) groups excluding carboxylic acids is 3. The van der Waals surface area contributed by atoms with Crippen LogP contribution in [0.25, 0.3) is 0 Å². The molecule has 3 aliphatic heterocycles. The van der Waals surface area contributed by atoms with Gasteiger partial charge in [0.15, 0.2) is 5.60 Å². The molecular weight excluding hydrogens is 659 g/mol. The van der Waals surface area contributed by atoms with Crippen LogP contribution in [0.1, 0.15) is 42.1 Å². The standard InChI is InChI=1S/C41H45N3O6Si/c1-27-38(51(3,4)33-20-18-32(49-2)19-21-33)36(25-37(46)43-23-11-16-31(43)26-45)50-41(27)34-24-29(42-39(47)28-12-7-5-8-13-28)17-22-35(34)44(40(41)48)30-14-9-6-10-15-30/h5-10,12-15,17-22,24,27,31,36,38,45H,11,16,23,25-26H2,1-4H3,(H,42,47)/t27-,31+,36+,38-,41+/m1/s1. The minimum Gasteiger partial charge on any atom is -0.497 e. The van der Waals surface area contributed by atoms with Gasteiger partial charge < -0.3 is 24.8 Å². The van der Waals surface area contributed by atoms with Gasteiger partial charge in [0, 0.05) is 35.0 Å². The van der Waals surface area contributed by atoms with Gasteiger partial charge in [-0.15, -0.1) is 0 Å². The number of anilines is 3. The van der Waals surface area contributed by atoms with Crippen LogP contribution in [0.5, 0.6) is 5.75 Å². The van der Waals surface area contributed by atoms with E-state index in [-0.39, 0.29) is 48.3 Å². The molecule has 0 aliphatic carbocycles. The normalized spacial score (nSPS) is 24.2. The maximum atomic E-state index is 15.2. The van der Waals surface area contributed by atoms with Crippen molar-refractivity contribution in [3.8, 4) is 5.75 Å². The third-order valence-electron chi connectivity index (χ3n) is 11.3. The molecule has 0 unspecified atom stereocenters. The van der Waals surface area contributed by atoms with Gasteiger partial charge in [-0.25, -0.2) is 0 Å². The lowest BCUT2D eigenvalue weighted by Crippen LogP contribution is -2.52. The number of methoxy groups -OCH3 is 1. The van der Waals surface area contributed by atoms with Gasteiger partial charge in [0.2, 0.25) is 5.91 Å². The second-order valence-electron chi connectivity index (χ2n) is 14.5. The first-order valence-electron chi connectivity index (χ1n) is 17.7. The predicted octanol–water partition coefficient (Wildman–Crippen LogP) is 6.22. The molecule has 3 amide bonds. The van der Waals surface area contributed by atoms with Gasteiger partial charge in [-0.2, -0.15) is 0 Å². The zero-order valence-electron chi connectivity index (χ0n) is 29.5. The van der Waals surface area contributed by atoms with Crippen LogP contribution in [0.15, 0.2) is 103 Å². The van der Waals surface area contributed by atoms with E-state index in [1.165, 1.54) is 5.19 Å². The smallest absolute Gasteiger partial charge is 0.268 e. The molecule has 2 saturated heterocycles. The van der Waals surface area contributed by atoms with Crippen molar-refractivity contribution in [3.63, 3.8) is 0 Å². The number of aliphatic hydroxyl groups is 1. The number of nitrogens with one attached hydrogen (secondary N) is 1. The average molecular weight is 704 g/mol. The lowest BCUT2D eigenvalue weighted by molar-refractivity contribution is -0.149. The molecule has 0 bridgehead atoms. The molecule has 10 heteroatoms. The number of hydrogen-bond acceptors (Lipinski definition) is 6. The van der Waals surface area contributed by atoms with E-state index in [0.717, 1.165) is 18.6 Å². The van der Waals surface area contributed by atoms with Crippen molar-refractivity contribution in [1.82, 2.24) is 4.90 Å². The third-order valence-corrected chi connectivity index (χ3v) is 15.7. The van der Waals surface area contributed by atoms with Crippen molar-refractivity contribution >= 4 is 48.0 Å². The Hall–Kier alpha value is -4.77. The highest BCUT2D eigenvalue weighted by atomic mass is 28.3. The van der Waals surface area contributed by atoms with E-state index in [1.54, 1.807) is 29.0 Å². The fourth-order valence-corrected chi connectivity index (χ4v) is 12.8. The SMILES string of the molecule is COc1ccc([Si](C)(C)[C@H]2[C@H](CC(=O)N3CCC[C@H]3CO)O[C@@]3(C(=O)N(c4ccccc4)c4ccc(NC(=O)c5ccccc5)cc43)[C@@H]2C)cc1. The number of benzene rings is 4. The summed E-state index contributed by atoms with van der Waals surface area (Å²) in [6, 6.07) is 32.0. The van der Waals surface area contributed by atoms with Crippen molar-refractivity contribution in [3.05, 3.63) is 114 Å². The average Bonchev–Trinajstić information content (AvgIpc) is 3.82. The van der Waals surface area contributed by atoms with Gasteiger partial charge in [-0.1, -0.05) is 73.7 Å². The van der Waals surface area contributed by atoms with E-state index < -0.39 is 19.8 Å². The predicted molar refractivity (Wildman–Crippen MR) is 200 cm³/mol. The molecular formula is C41H45N3O6Si. The molecule has 264 valence electrons. The minimum atomic E-state index is -2.51. The van der Waals surface area contributed by atoms with Crippen LogP contribution in [-0.4, -0.2) is 68.2 Å². The summed E-state index contributed by atoms with van der Waals surface area (Å²) in [7, 11) is -0.866. The Morgan fingerprint density at radius 2 is 1.67 bits per heavy atom. The number of ether oxygens (including phenoxy) is 2. The Morgan fingerprint density at radius 3 is 2.33 bits per heavy atom. The summed E-state index contributed by atoms with van der Waals surface area (Å²) >= 11 is 0. The second-order valence-corrected chi connectivity index (χ2v) is 19.1. The number of aliphatic hydroxyl groups excluding tert-OH is 1. The van der Waals surface area contributed by atoms with Crippen LogP contribution in [0, 0.1) is 5.92 Å². The van der Waals surface area contributed by atoms with Crippen molar-refractivity contribution in [1.29, 1.82) is 0 Å². The van der Waals surface area contributed by atoms with E-state index in [9.17, 15) is 14.7 Å². The first kappa shape index (κ1) is 34.7. The zero-order chi connectivity index (χ0) is 35.9. The van der Waals surface area contributed by atoms with Crippen molar-refractivity contribution < 1.29 is 29.0 Å². The van der Waals surface area contributed by atoms with E-state index >= 15 is 4.79 Å². The molecule has 9 nitrogen and oxygen atoms in total. The highest BCUT2D eigenvalue weighted by molar-refractivity contribution is 6.91. The van der Waals surface area contributed by atoms with Gasteiger partial charge >= 0.3 is 0 Å². The van der Waals surface area contributed by atoms with Gasteiger partial charge in [-0.05, 0) is 73.0 Å². The van der Waals surface area contributed by atoms with Crippen LogP contribution in [0.3, 0.4) is 0 Å². The number of amides is 3. The van der Waals surface area contributed by atoms with Crippen molar-refractivity contribution in [2.24, 2.45) is 5.92 Å². The van der Waals surface area contributed by atoms with E-state index in [1.807, 2.05) is 78.9 Å². The van der Waals surface area contributed by atoms with Crippen LogP contribution in [0.2, 0.25) is 18.6 Å². The molecule has 2 fully saturated rings. The topological polar surface area (TPSA) is 108 Å². The van der Waals surface area contributed by atoms with E-state index in [4.69, 9.17) is 9.47 Å². The molecule has 3 heterocycles. The highest BCUT2D eigenvalue weighted by Gasteiger charge is 2.67. The quantitative estimate of drug-likeness (QED) is 0.201. The minimum absolute atomic E-state index is 0.0696. The lowest BCUT2D eigenvalue weighted by Gasteiger charge is -2.37. The molecule has 7 rings (SSSR count). The fraction of sp³-hybridized carbons (Fsp3) is 0.341. The summed E-state index contributed by atoms with van der Waals surface area (Å²) in [6.07, 6.45) is 1.12. The second kappa shape index (κ2) is 13.7. The maximum Gasteiger partial charge on any atom is 0.268 e. The van der Waals surface area contributed by atoms with E-state index in [2.05, 4.69) is 37.5 Å². The first-order chi connectivity index (χ1) is 24.6. The third kappa shape index (κ3) is 5.95. The van der Waals surface area contributed by atoms with Crippen LogP contribution >= 0.6 is 0 Å². The van der Waals surface area contributed by atoms with Crippen LogP contribution in [-0.2, 0) is 19.9 Å². The largest absolute Gasteiger partial charge is 0.497 e. The molecule has 3 aliphatic rings. The highest BCUT2D eigenvalue weighted by Crippen LogP contribution is 2.61. The van der Waals surface area contributed by atoms with Crippen LogP contribution < -0.4 is 20.1 Å². The summed E-state index contributed by atoms with van der Waals surface area (Å²) in [4.78, 5) is 46.1. The molecule has 0 aromatic heterocycles. The Morgan fingerprint density at radius 1 is 0.980 bits per heavy atom. The molecule has 0 saturated carbocycles. The van der Waals surface area contributed by atoms with Gasteiger partial charge in [0.25, 0.3) is 11.8 Å². The number of hydrogen-bond donors (Lipinski definition) is 2. The molecule has 1 spiro atoms. The maximum absolute atomic E-state index is 15.2. The van der Waals surface area contributed by atoms with Gasteiger partial charge in [-0.3, -0.25) is 19.3 Å². The van der Waals surface area contributed by atoms with E-state index in [0.29, 0.717) is 34.7 Å². The first-order valence-corrected chi connectivity index (χ1v) is 20.8. The van der Waals surface area contributed by atoms with Gasteiger partial charge in [0.05, 0.1) is 46.0 Å². The Kier molecular flexibility index (Phi) is 9.34. The monoisotopic (exact) mass is 703 g/mol. The molecule has 0 radical (unpaired) electrons. The molecule has 4 aromatic rings. The Labute approximate surface area is 300 Å².